The van der Waals surface area contributed by atoms with E-state index in [0.717, 1.165) is 0 Å². The van der Waals surface area contributed by atoms with Crippen molar-refractivity contribution in [3.05, 3.63) is 54.1 Å². The van der Waals surface area contributed by atoms with Gasteiger partial charge in [0.2, 0.25) is 11.8 Å². The lowest BCUT2D eigenvalue weighted by Gasteiger charge is -2.21. The van der Waals surface area contributed by atoms with Crippen LogP contribution in [0.25, 0.3) is 0 Å². The highest BCUT2D eigenvalue weighted by atomic mass is 19.3. The topological polar surface area (TPSA) is 91.7 Å². The van der Waals surface area contributed by atoms with E-state index in [0.29, 0.717) is 11.3 Å². The van der Waals surface area contributed by atoms with Crippen LogP contribution in [0.15, 0.2) is 48.5 Å². The first kappa shape index (κ1) is 23.6. The molecule has 0 aliphatic heterocycles. The van der Waals surface area contributed by atoms with Gasteiger partial charge in [-0.05, 0) is 29.8 Å². The summed E-state index contributed by atoms with van der Waals surface area (Å²) < 4.78 is 34.2. The lowest BCUT2D eigenvalue weighted by molar-refractivity contribution is -0.125. The molecule has 0 aromatic heterocycles. The number of halogens is 2. The van der Waals surface area contributed by atoms with Crippen molar-refractivity contribution in [1.29, 1.82) is 5.26 Å². The minimum absolute atomic E-state index is 0.0172. The lowest BCUT2D eigenvalue weighted by atomic mass is 10.2. The number of alkyl halides is 2. The maximum absolute atomic E-state index is 12.6. The highest BCUT2D eigenvalue weighted by molar-refractivity contribution is 5.95. The van der Waals surface area contributed by atoms with Crippen molar-refractivity contribution in [1.82, 2.24) is 5.32 Å². The van der Waals surface area contributed by atoms with Gasteiger partial charge >= 0.3 is 6.61 Å². The molecule has 1 N–H and O–H groups in total. The summed E-state index contributed by atoms with van der Waals surface area (Å²) in [6, 6.07) is 15.3. The minimum atomic E-state index is -2.97. The molecule has 2 amide bonds. The number of carbonyl (C=O) groups excluding carboxylic acids is 2. The van der Waals surface area contributed by atoms with Crippen LogP contribution in [0.1, 0.15) is 24.8 Å². The zero-order valence-corrected chi connectivity index (χ0v) is 17.0. The van der Waals surface area contributed by atoms with Gasteiger partial charge in [-0.3, -0.25) is 9.59 Å². The van der Waals surface area contributed by atoms with E-state index in [4.69, 9.17) is 10.00 Å². The zero-order chi connectivity index (χ0) is 22.6. The predicted molar refractivity (Wildman–Crippen MR) is 110 cm³/mol. The van der Waals surface area contributed by atoms with Crippen LogP contribution in [0.3, 0.4) is 0 Å². The Morgan fingerprint density at radius 1 is 1.13 bits per heavy atom. The van der Waals surface area contributed by atoms with E-state index in [1.165, 1.54) is 30.2 Å². The van der Waals surface area contributed by atoms with E-state index in [1.807, 2.05) is 12.1 Å². The number of nitrogens with one attached hydrogen (secondary N) is 1. The molecular weight excluding hydrogens is 408 g/mol. The van der Waals surface area contributed by atoms with Crippen molar-refractivity contribution in [3.8, 4) is 17.6 Å². The number of ether oxygens (including phenoxy) is 2. The maximum atomic E-state index is 12.6. The molecule has 0 unspecified atom stereocenters. The van der Waals surface area contributed by atoms with Gasteiger partial charge in [-0.2, -0.15) is 14.0 Å². The molecule has 0 heterocycles. The molecule has 0 fully saturated rings. The van der Waals surface area contributed by atoms with Crippen LogP contribution >= 0.6 is 0 Å². The van der Waals surface area contributed by atoms with Gasteiger partial charge in [-0.15, -0.1) is 0 Å². The number of hydrogen-bond acceptors (Lipinski definition) is 5. The van der Waals surface area contributed by atoms with Crippen molar-refractivity contribution in [2.24, 2.45) is 0 Å². The summed E-state index contributed by atoms with van der Waals surface area (Å²) in [6.07, 6.45) is 0.134. The van der Waals surface area contributed by atoms with Crippen molar-refractivity contribution in [2.75, 3.05) is 18.6 Å². The first-order valence-corrected chi connectivity index (χ1v) is 9.55. The average molecular weight is 431 g/mol. The van der Waals surface area contributed by atoms with E-state index in [1.54, 1.807) is 24.3 Å². The molecule has 164 valence electrons. The van der Waals surface area contributed by atoms with Gasteiger partial charge in [0, 0.05) is 31.6 Å². The van der Waals surface area contributed by atoms with Crippen LogP contribution in [-0.2, 0) is 16.1 Å². The molecule has 2 aromatic rings. The van der Waals surface area contributed by atoms with Gasteiger partial charge < -0.3 is 19.7 Å². The molecule has 0 saturated heterocycles. The SMILES string of the molecule is COc1cc(CNC(=O)CCC(=O)N(CCC#N)c2ccccc2)ccc1OC(F)F. The molecule has 0 atom stereocenters. The Labute approximate surface area is 179 Å². The third-order valence-electron chi connectivity index (χ3n) is 4.32. The summed E-state index contributed by atoms with van der Waals surface area (Å²) >= 11 is 0. The number of carbonyl (C=O) groups is 2. The molecular formula is C22H23F2N3O4. The Morgan fingerprint density at radius 2 is 1.87 bits per heavy atom. The Morgan fingerprint density at radius 3 is 2.52 bits per heavy atom. The van der Waals surface area contributed by atoms with Gasteiger partial charge in [-0.25, -0.2) is 0 Å². The number of nitrogens with zero attached hydrogens (tertiary/aromatic N) is 2. The predicted octanol–water partition coefficient (Wildman–Crippen LogP) is 3.64. The molecule has 0 radical (unpaired) electrons. The quantitative estimate of drug-likeness (QED) is 0.587. The van der Waals surface area contributed by atoms with E-state index in [2.05, 4.69) is 10.1 Å². The molecule has 0 aliphatic carbocycles. The van der Waals surface area contributed by atoms with Crippen LogP contribution in [0.2, 0.25) is 0 Å². The fraction of sp³-hybridized carbons (Fsp3) is 0.318. The second-order valence-corrected chi connectivity index (χ2v) is 6.43. The Bertz CT molecular complexity index is 917. The number of rotatable bonds is 11. The fourth-order valence-electron chi connectivity index (χ4n) is 2.83. The number of anilines is 1. The number of amides is 2. The monoisotopic (exact) mass is 431 g/mol. The van der Waals surface area contributed by atoms with Crippen LogP contribution in [0, 0.1) is 11.3 Å². The summed E-state index contributed by atoms with van der Waals surface area (Å²) in [5.41, 5.74) is 1.29. The second-order valence-electron chi connectivity index (χ2n) is 6.43. The van der Waals surface area contributed by atoms with Crippen molar-refractivity contribution < 1.29 is 27.8 Å². The Kier molecular flexibility index (Phi) is 9.23. The highest BCUT2D eigenvalue weighted by Crippen LogP contribution is 2.29. The first-order chi connectivity index (χ1) is 14.9. The summed E-state index contributed by atoms with van der Waals surface area (Å²) in [4.78, 5) is 26.2. The summed E-state index contributed by atoms with van der Waals surface area (Å²) in [5, 5.41) is 11.5. The number of hydrogen-bond donors (Lipinski definition) is 1. The largest absolute Gasteiger partial charge is 0.493 e. The summed E-state index contributed by atoms with van der Waals surface area (Å²) in [6.45, 7) is -2.59. The van der Waals surface area contributed by atoms with Gasteiger partial charge in [0.15, 0.2) is 11.5 Å². The van der Waals surface area contributed by atoms with Crippen LogP contribution in [0.4, 0.5) is 14.5 Å². The van der Waals surface area contributed by atoms with Gasteiger partial charge in [0.25, 0.3) is 0 Å². The third-order valence-corrected chi connectivity index (χ3v) is 4.32. The second kappa shape index (κ2) is 12.1. The van der Waals surface area contributed by atoms with E-state index in [-0.39, 0.29) is 55.7 Å². The first-order valence-electron chi connectivity index (χ1n) is 9.55. The number of nitriles is 1. The normalized spacial score (nSPS) is 10.3. The molecule has 9 heteroatoms. The van der Waals surface area contributed by atoms with Gasteiger partial charge in [-0.1, -0.05) is 24.3 Å². The molecule has 0 saturated carbocycles. The molecule has 2 rings (SSSR count). The van der Waals surface area contributed by atoms with Crippen molar-refractivity contribution in [3.63, 3.8) is 0 Å². The molecule has 0 bridgehead atoms. The van der Waals surface area contributed by atoms with Crippen LogP contribution in [-0.4, -0.2) is 32.1 Å². The molecule has 31 heavy (non-hydrogen) atoms. The molecule has 7 nitrogen and oxygen atoms in total. The lowest BCUT2D eigenvalue weighted by Crippen LogP contribution is -2.33. The minimum Gasteiger partial charge on any atom is -0.493 e. The smallest absolute Gasteiger partial charge is 0.387 e. The van der Waals surface area contributed by atoms with Crippen molar-refractivity contribution in [2.45, 2.75) is 32.4 Å². The third kappa shape index (κ3) is 7.59. The highest BCUT2D eigenvalue weighted by Gasteiger charge is 2.17. The Hall–Kier alpha value is -3.67. The van der Waals surface area contributed by atoms with E-state index in [9.17, 15) is 18.4 Å². The standard InChI is InChI=1S/C22H23F2N3O4/c1-30-19-14-16(8-9-18(19)31-22(23)24)15-26-20(28)10-11-21(29)27(13-5-12-25)17-6-3-2-4-7-17/h2-4,6-9,14,22H,5,10-11,13,15H2,1H3,(H,26,28). The van der Waals surface area contributed by atoms with Gasteiger partial charge in [0.05, 0.1) is 19.6 Å². The molecule has 2 aromatic carbocycles. The van der Waals surface area contributed by atoms with Gasteiger partial charge in [0.1, 0.15) is 0 Å². The number of methoxy groups -OCH3 is 1. The van der Waals surface area contributed by atoms with Crippen molar-refractivity contribution >= 4 is 17.5 Å². The number of para-hydroxylation sites is 1. The number of benzene rings is 2. The summed E-state index contributed by atoms with van der Waals surface area (Å²) in [7, 11) is 1.33. The average Bonchev–Trinajstić information content (AvgIpc) is 2.77. The van der Waals surface area contributed by atoms with E-state index < -0.39 is 6.61 Å². The zero-order valence-electron chi connectivity index (χ0n) is 17.0. The van der Waals surface area contributed by atoms with Crippen LogP contribution in [0.5, 0.6) is 11.5 Å². The summed E-state index contributed by atoms with van der Waals surface area (Å²) in [5.74, 6) is -0.574. The molecule has 0 aliphatic rings. The van der Waals surface area contributed by atoms with E-state index >= 15 is 0 Å². The molecule has 0 spiro atoms. The maximum Gasteiger partial charge on any atom is 0.387 e. The fourth-order valence-corrected chi connectivity index (χ4v) is 2.83. The Balaban J connectivity index is 1.89. The van der Waals surface area contributed by atoms with Crippen LogP contribution < -0.4 is 19.7 Å².